The van der Waals surface area contributed by atoms with Crippen LogP contribution in [-0.2, 0) is 4.79 Å². The molecule has 0 saturated carbocycles. The van der Waals surface area contributed by atoms with Crippen molar-refractivity contribution in [2.24, 2.45) is 11.8 Å². The fraction of sp³-hybridized carbons (Fsp3) is 0.533. The maximum Gasteiger partial charge on any atom is 0.261 e. The van der Waals surface area contributed by atoms with Gasteiger partial charge < -0.3 is 15.4 Å². The molecule has 2 N–H and O–H groups in total. The number of carbonyl (C=O) groups excluding carboxylic acids is 1. The number of rotatable bonds is 6. The SMILES string of the molecule is CC(C)C(Oc1ccccc1Br)C(=O)NCC1CNC1.Cl. The van der Waals surface area contributed by atoms with Crippen molar-refractivity contribution in [3.05, 3.63) is 28.7 Å². The van der Waals surface area contributed by atoms with E-state index in [9.17, 15) is 4.79 Å². The second-order valence-electron chi connectivity index (χ2n) is 5.48. The molecule has 1 fully saturated rings. The molecule has 1 atom stereocenters. The largest absolute Gasteiger partial charge is 0.479 e. The van der Waals surface area contributed by atoms with E-state index in [0.29, 0.717) is 18.2 Å². The first-order chi connectivity index (χ1) is 9.58. The number of amides is 1. The highest BCUT2D eigenvalue weighted by Crippen LogP contribution is 2.26. The van der Waals surface area contributed by atoms with E-state index in [4.69, 9.17) is 4.74 Å². The van der Waals surface area contributed by atoms with Crippen LogP contribution in [0, 0.1) is 11.8 Å². The van der Waals surface area contributed by atoms with Gasteiger partial charge in [0.2, 0.25) is 0 Å². The van der Waals surface area contributed by atoms with Gasteiger partial charge in [-0.3, -0.25) is 4.79 Å². The fourth-order valence-corrected chi connectivity index (χ4v) is 2.39. The average Bonchev–Trinajstić information content (AvgIpc) is 2.35. The van der Waals surface area contributed by atoms with Crippen LogP contribution in [0.3, 0.4) is 0 Å². The zero-order valence-electron chi connectivity index (χ0n) is 12.3. The van der Waals surface area contributed by atoms with Gasteiger partial charge in [0, 0.05) is 25.6 Å². The molecule has 0 radical (unpaired) electrons. The number of para-hydroxylation sites is 1. The van der Waals surface area contributed by atoms with Gasteiger partial charge in [0.1, 0.15) is 5.75 Å². The van der Waals surface area contributed by atoms with Crippen LogP contribution < -0.4 is 15.4 Å². The third-order valence-corrected chi connectivity index (χ3v) is 4.04. The molecule has 1 aromatic rings. The summed E-state index contributed by atoms with van der Waals surface area (Å²) in [6.45, 7) is 6.67. The summed E-state index contributed by atoms with van der Waals surface area (Å²) in [5.41, 5.74) is 0. The molecule has 1 heterocycles. The normalized spacial score (nSPS) is 15.8. The first kappa shape index (κ1) is 18.3. The van der Waals surface area contributed by atoms with Crippen LogP contribution in [-0.4, -0.2) is 31.6 Å². The van der Waals surface area contributed by atoms with Crippen molar-refractivity contribution in [3.8, 4) is 5.75 Å². The molecule has 4 nitrogen and oxygen atoms in total. The lowest BCUT2D eigenvalue weighted by molar-refractivity contribution is -0.130. The van der Waals surface area contributed by atoms with Crippen LogP contribution >= 0.6 is 28.3 Å². The van der Waals surface area contributed by atoms with Crippen molar-refractivity contribution in [2.45, 2.75) is 20.0 Å². The summed E-state index contributed by atoms with van der Waals surface area (Å²) >= 11 is 3.44. The summed E-state index contributed by atoms with van der Waals surface area (Å²) in [5.74, 6) is 1.33. The zero-order chi connectivity index (χ0) is 14.5. The van der Waals surface area contributed by atoms with E-state index < -0.39 is 6.10 Å². The van der Waals surface area contributed by atoms with Crippen molar-refractivity contribution in [2.75, 3.05) is 19.6 Å². The number of benzene rings is 1. The van der Waals surface area contributed by atoms with E-state index in [0.717, 1.165) is 17.6 Å². The van der Waals surface area contributed by atoms with Gasteiger partial charge >= 0.3 is 0 Å². The Morgan fingerprint density at radius 2 is 2.10 bits per heavy atom. The van der Waals surface area contributed by atoms with Gasteiger partial charge in [0.05, 0.1) is 4.47 Å². The smallest absolute Gasteiger partial charge is 0.261 e. The van der Waals surface area contributed by atoms with Gasteiger partial charge in [0.15, 0.2) is 6.10 Å². The Morgan fingerprint density at radius 1 is 1.43 bits per heavy atom. The molecule has 0 aromatic heterocycles. The van der Waals surface area contributed by atoms with E-state index in [-0.39, 0.29) is 24.2 Å². The van der Waals surface area contributed by atoms with Gasteiger partial charge in [0.25, 0.3) is 5.91 Å². The first-order valence-electron chi connectivity index (χ1n) is 6.97. The summed E-state index contributed by atoms with van der Waals surface area (Å²) in [5, 5.41) is 6.18. The van der Waals surface area contributed by atoms with Gasteiger partial charge in [-0.25, -0.2) is 0 Å². The lowest BCUT2D eigenvalue weighted by atomic mass is 10.0. The predicted molar refractivity (Wildman–Crippen MR) is 90.0 cm³/mol. The predicted octanol–water partition coefficient (Wildman–Crippen LogP) is 2.61. The molecule has 1 aliphatic heterocycles. The van der Waals surface area contributed by atoms with E-state index in [1.54, 1.807) is 0 Å². The van der Waals surface area contributed by atoms with Crippen molar-refractivity contribution >= 4 is 34.2 Å². The molecule has 6 heteroatoms. The number of halogens is 2. The summed E-state index contributed by atoms with van der Waals surface area (Å²) in [4.78, 5) is 12.3. The molecule has 0 spiro atoms. The Bertz CT molecular complexity index is 467. The number of nitrogens with one attached hydrogen (secondary N) is 2. The topological polar surface area (TPSA) is 50.4 Å². The first-order valence-corrected chi connectivity index (χ1v) is 7.77. The minimum absolute atomic E-state index is 0. The maximum atomic E-state index is 12.3. The van der Waals surface area contributed by atoms with Gasteiger partial charge in [-0.15, -0.1) is 12.4 Å². The molecule has 1 unspecified atom stereocenters. The Morgan fingerprint density at radius 3 is 2.62 bits per heavy atom. The lowest BCUT2D eigenvalue weighted by Gasteiger charge is -2.29. The molecule has 2 rings (SSSR count). The zero-order valence-corrected chi connectivity index (χ0v) is 14.7. The molecule has 1 saturated heterocycles. The van der Waals surface area contributed by atoms with Crippen molar-refractivity contribution in [1.29, 1.82) is 0 Å². The number of hydrogen-bond donors (Lipinski definition) is 2. The molecule has 118 valence electrons. The summed E-state index contributed by atoms with van der Waals surface area (Å²) in [6, 6.07) is 7.59. The fourth-order valence-electron chi connectivity index (χ4n) is 2.01. The molecular formula is C15H22BrClN2O2. The molecule has 1 aliphatic rings. The van der Waals surface area contributed by atoms with Crippen molar-refractivity contribution in [1.82, 2.24) is 10.6 Å². The summed E-state index contributed by atoms with van der Waals surface area (Å²) in [7, 11) is 0. The highest BCUT2D eigenvalue weighted by Gasteiger charge is 2.26. The molecular weight excluding hydrogens is 356 g/mol. The van der Waals surface area contributed by atoms with Gasteiger partial charge in [-0.05, 0) is 34.0 Å². The third-order valence-electron chi connectivity index (χ3n) is 3.39. The highest BCUT2D eigenvalue weighted by atomic mass is 79.9. The molecule has 1 aromatic carbocycles. The Labute approximate surface area is 140 Å². The van der Waals surface area contributed by atoms with Crippen molar-refractivity contribution < 1.29 is 9.53 Å². The van der Waals surface area contributed by atoms with Crippen LogP contribution in [0.2, 0.25) is 0 Å². The lowest BCUT2D eigenvalue weighted by Crippen LogP contribution is -2.51. The minimum Gasteiger partial charge on any atom is -0.479 e. The van der Waals surface area contributed by atoms with Crippen LogP contribution in [0.5, 0.6) is 5.75 Å². The Balaban J connectivity index is 0.00000220. The van der Waals surface area contributed by atoms with Crippen LogP contribution in [0.15, 0.2) is 28.7 Å². The van der Waals surface area contributed by atoms with Crippen LogP contribution in [0.25, 0.3) is 0 Å². The van der Waals surface area contributed by atoms with Crippen LogP contribution in [0.4, 0.5) is 0 Å². The quantitative estimate of drug-likeness (QED) is 0.801. The number of ether oxygens (including phenoxy) is 1. The van der Waals surface area contributed by atoms with E-state index in [1.807, 2.05) is 38.1 Å². The van der Waals surface area contributed by atoms with Gasteiger partial charge in [-0.1, -0.05) is 26.0 Å². The molecule has 21 heavy (non-hydrogen) atoms. The number of hydrogen-bond acceptors (Lipinski definition) is 3. The maximum absolute atomic E-state index is 12.3. The monoisotopic (exact) mass is 376 g/mol. The Hall–Kier alpha value is -0.780. The second kappa shape index (κ2) is 8.61. The van der Waals surface area contributed by atoms with Gasteiger partial charge in [-0.2, -0.15) is 0 Å². The highest BCUT2D eigenvalue weighted by molar-refractivity contribution is 9.10. The average molecular weight is 378 g/mol. The Kier molecular flexibility index (Phi) is 7.49. The molecule has 0 aliphatic carbocycles. The third kappa shape index (κ3) is 5.16. The van der Waals surface area contributed by atoms with E-state index in [1.165, 1.54) is 0 Å². The molecule has 0 bridgehead atoms. The standard InChI is InChI=1S/C15H21BrN2O2.ClH/c1-10(2)14(15(19)18-9-11-7-17-8-11)20-13-6-4-3-5-12(13)16;/h3-6,10-11,14,17H,7-9H2,1-2H3,(H,18,19);1H. The second-order valence-corrected chi connectivity index (χ2v) is 6.34. The number of carbonyl (C=O) groups is 1. The van der Waals surface area contributed by atoms with E-state index >= 15 is 0 Å². The van der Waals surface area contributed by atoms with E-state index in [2.05, 4.69) is 26.6 Å². The summed E-state index contributed by atoms with van der Waals surface area (Å²) in [6.07, 6.45) is -0.471. The van der Waals surface area contributed by atoms with Crippen molar-refractivity contribution in [3.63, 3.8) is 0 Å². The minimum atomic E-state index is -0.471. The summed E-state index contributed by atoms with van der Waals surface area (Å²) < 4.78 is 6.74. The van der Waals surface area contributed by atoms with Crippen LogP contribution in [0.1, 0.15) is 13.8 Å². The molecule has 1 amide bonds.